The summed E-state index contributed by atoms with van der Waals surface area (Å²) in [5.74, 6) is 0. The van der Waals surface area contributed by atoms with Gasteiger partial charge < -0.3 is 0 Å². The molecule has 3 nitrogen and oxygen atoms in total. The van der Waals surface area contributed by atoms with Gasteiger partial charge in [0.1, 0.15) is 0 Å². The van der Waals surface area contributed by atoms with Crippen LogP contribution in [0.1, 0.15) is 0 Å². The monoisotopic (exact) mass is 338 g/mol. The zero-order valence-corrected chi connectivity index (χ0v) is 16.6. The molecular weight excluding hydrogens is 309 g/mol. The fraction of sp³-hybridized carbons (Fsp3) is 0.571. The van der Waals surface area contributed by atoms with Gasteiger partial charge in [-0.05, 0) is 0 Å². The summed E-state index contributed by atoms with van der Waals surface area (Å²) >= 11 is 0. The second-order valence-electron chi connectivity index (χ2n) is 8.82. The molecule has 1 rings (SSSR count). The van der Waals surface area contributed by atoms with Crippen LogP contribution in [0, 0.1) is 0 Å². The molecule has 0 aliphatic carbocycles. The third kappa shape index (κ3) is 6.79. The topological polar surface area (TPSA) is 35.5 Å². The zero-order chi connectivity index (χ0) is 15.9. The summed E-state index contributed by atoms with van der Waals surface area (Å²) in [5.41, 5.74) is 0. The molecule has 1 aromatic rings. The van der Waals surface area contributed by atoms with Crippen molar-refractivity contribution in [2.75, 3.05) is 53.3 Å². The van der Waals surface area contributed by atoms with Crippen LogP contribution < -0.4 is 5.30 Å². The first kappa shape index (κ1) is 18.3. The molecule has 0 heterocycles. The van der Waals surface area contributed by atoms with E-state index in [2.05, 4.69) is 0 Å². The molecule has 0 N–H and O–H groups in total. The Labute approximate surface area is 124 Å². The fourth-order valence-corrected chi connectivity index (χ4v) is 10.1. The van der Waals surface area contributed by atoms with E-state index in [1.165, 1.54) is 0 Å². The van der Waals surface area contributed by atoms with E-state index in [1.54, 1.807) is 0 Å². The number of hydrogen-bond donors (Lipinski definition) is 0. The molecule has 0 bridgehead atoms. The molecule has 20 heavy (non-hydrogen) atoms. The first-order chi connectivity index (χ1) is 8.52. The van der Waals surface area contributed by atoms with Crippen molar-refractivity contribution in [1.82, 2.24) is 0 Å². The average Bonchev–Trinajstić information content (AvgIpc) is 2.10. The van der Waals surface area contributed by atoms with Crippen molar-refractivity contribution in [2.45, 2.75) is 0 Å². The Morgan fingerprint density at radius 2 is 1.10 bits per heavy atom. The Bertz CT molecular complexity index is 489. The van der Waals surface area contributed by atoms with Crippen LogP contribution in [0.25, 0.3) is 0 Å². The molecule has 0 radical (unpaired) electrons. The molecule has 0 saturated carbocycles. The molecule has 6 heteroatoms. The molecule has 0 aromatic heterocycles. The van der Waals surface area contributed by atoms with Gasteiger partial charge in [0.2, 0.25) is 0 Å². The van der Waals surface area contributed by atoms with E-state index in [-0.39, 0.29) is 0 Å². The summed E-state index contributed by atoms with van der Waals surface area (Å²) in [5, 5.41) is 0.641. The molecule has 1 aromatic carbocycles. The van der Waals surface area contributed by atoms with Crippen LogP contribution in [0.3, 0.4) is 0 Å². The Kier molecular flexibility index (Phi) is 4.45. The summed E-state index contributed by atoms with van der Waals surface area (Å²) < 4.78 is 25.8. The summed E-state index contributed by atoms with van der Waals surface area (Å²) in [7, 11) is -3.33. The minimum atomic E-state index is -3.33. The predicted octanol–water partition coefficient (Wildman–Crippen LogP) is 4.51. The van der Waals surface area contributed by atoms with Gasteiger partial charge in [0, 0.05) is 0 Å². The SMILES string of the molecule is CP(C)(C)(C)OP(=O)(OP(C)(C)(C)C)c1ccccc1. The minimum absolute atomic E-state index is 0.641. The van der Waals surface area contributed by atoms with Crippen LogP contribution in [0.15, 0.2) is 30.3 Å². The summed E-state index contributed by atoms with van der Waals surface area (Å²) in [6, 6.07) is 9.28. The van der Waals surface area contributed by atoms with E-state index in [9.17, 15) is 4.57 Å². The van der Waals surface area contributed by atoms with E-state index in [1.807, 2.05) is 83.7 Å². The van der Waals surface area contributed by atoms with Crippen molar-refractivity contribution in [3.63, 3.8) is 0 Å². The van der Waals surface area contributed by atoms with Gasteiger partial charge in [0.25, 0.3) is 0 Å². The average molecular weight is 338 g/mol. The number of hydrogen-bond acceptors (Lipinski definition) is 3. The molecule has 0 aliphatic rings. The summed E-state index contributed by atoms with van der Waals surface area (Å²) in [6.45, 7) is 11.4. The van der Waals surface area contributed by atoms with Crippen LogP contribution in [-0.2, 0) is 13.2 Å². The molecule has 0 fully saturated rings. The molecule has 0 spiro atoms. The molecule has 118 valence electrons. The zero-order valence-electron chi connectivity index (χ0n) is 14.0. The molecule has 0 amide bonds. The van der Waals surface area contributed by atoms with Crippen molar-refractivity contribution in [3.05, 3.63) is 30.3 Å². The van der Waals surface area contributed by atoms with Gasteiger partial charge in [-0.1, -0.05) is 0 Å². The van der Waals surface area contributed by atoms with Gasteiger partial charge >= 0.3 is 123 Å². The third-order valence-corrected chi connectivity index (χ3v) is 9.82. The summed E-state index contributed by atoms with van der Waals surface area (Å²) in [4.78, 5) is 0. The van der Waals surface area contributed by atoms with E-state index in [0.717, 1.165) is 0 Å². The van der Waals surface area contributed by atoms with Crippen LogP contribution in [0.2, 0.25) is 0 Å². The van der Waals surface area contributed by atoms with Crippen LogP contribution in [-0.4, -0.2) is 53.3 Å². The van der Waals surface area contributed by atoms with Gasteiger partial charge in [0.15, 0.2) is 0 Å². The van der Waals surface area contributed by atoms with Gasteiger partial charge in [-0.15, -0.1) is 0 Å². The standard InChI is InChI=1S/C14H29O3P3/c1-19(2,3,4)16-18(15,17-20(5,6,7)8)14-12-10-9-11-13-14/h9-13H,1-8H3. The van der Waals surface area contributed by atoms with Crippen molar-refractivity contribution in [3.8, 4) is 0 Å². The van der Waals surface area contributed by atoms with Crippen molar-refractivity contribution in [2.24, 2.45) is 0 Å². The second kappa shape index (κ2) is 4.87. The quantitative estimate of drug-likeness (QED) is 0.741. The van der Waals surface area contributed by atoms with Gasteiger partial charge in [-0.25, -0.2) is 0 Å². The Morgan fingerprint density at radius 3 is 1.40 bits per heavy atom. The van der Waals surface area contributed by atoms with Crippen molar-refractivity contribution in [1.29, 1.82) is 0 Å². The Hall–Kier alpha value is 0.230. The van der Waals surface area contributed by atoms with Crippen molar-refractivity contribution >= 4 is 26.6 Å². The molecule has 0 aliphatic heterocycles. The maximum absolute atomic E-state index is 13.5. The fourth-order valence-electron chi connectivity index (χ4n) is 1.58. The van der Waals surface area contributed by atoms with Crippen molar-refractivity contribution < 1.29 is 13.2 Å². The van der Waals surface area contributed by atoms with E-state index in [4.69, 9.17) is 8.62 Å². The number of rotatable bonds is 5. The van der Waals surface area contributed by atoms with Crippen LogP contribution >= 0.6 is 21.3 Å². The number of benzene rings is 1. The summed E-state index contributed by atoms with van der Waals surface area (Å²) in [6.07, 6.45) is 0. The first-order valence-electron chi connectivity index (χ1n) is 6.62. The molecule has 0 unspecified atom stereocenters. The van der Waals surface area contributed by atoms with Crippen LogP contribution in [0.4, 0.5) is 0 Å². The molecule has 0 atom stereocenters. The van der Waals surface area contributed by atoms with Gasteiger partial charge in [-0.3, -0.25) is 0 Å². The third-order valence-electron chi connectivity index (χ3n) is 1.94. The first-order valence-corrected chi connectivity index (χ1v) is 16.1. The van der Waals surface area contributed by atoms with Crippen LogP contribution in [0.5, 0.6) is 0 Å². The maximum atomic E-state index is 13.5. The Morgan fingerprint density at radius 1 is 0.750 bits per heavy atom. The Balaban J connectivity index is 3.33. The van der Waals surface area contributed by atoms with E-state index in [0.29, 0.717) is 5.30 Å². The molecule has 0 saturated heterocycles. The van der Waals surface area contributed by atoms with E-state index >= 15 is 0 Å². The van der Waals surface area contributed by atoms with Gasteiger partial charge in [-0.2, -0.15) is 0 Å². The normalized spacial score (nSPS) is 20.2. The van der Waals surface area contributed by atoms with E-state index < -0.39 is 21.3 Å². The molecular formula is C14H29O3P3. The second-order valence-corrected chi connectivity index (χ2v) is 25.3. The van der Waals surface area contributed by atoms with Gasteiger partial charge in [0.05, 0.1) is 0 Å². The predicted molar refractivity (Wildman–Crippen MR) is 97.1 cm³/mol.